The Morgan fingerprint density at radius 3 is 1.89 bits per heavy atom. The Morgan fingerprint density at radius 1 is 0.344 bits per heavy atom. The molecule has 12 rings (SSSR count). The number of nitrogens with zero attached hydrogens (tertiary/aromatic N) is 1. The van der Waals surface area contributed by atoms with Gasteiger partial charge >= 0.3 is 0 Å². The minimum absolute atomic E-state index is 0.0596. The van der Waals surface area contributed by atoms with Crippen molar-refractivity contribution in [1.29, 1.82) is 0 Å². The third-order valence-electron chi connectivity index (χ3n) is 13.1. The van der Waals surface area contributed by atoms with Crippen molar-refractivity contribution >= 4 is 60.5 Å². The second kappa shape index (κ2) is 13.7. The maximum absolute atomic E-state index is 6.41. The van der Waals surface area contributed by atoms with Gasteiger partial charge in [-0.2, -0.15) is 0 Å². The average Bonchev–Trinajstić information content (AvgIpc) is 3.80. The van der Waals surface area contributed by atoms with Crippen LogP contribution in [0.25, 0.3) is 88.0 Å². The van der Waals surface area contributed by atoms with Crippen LogP contribution < -0.4 is 4.90 Å². The molecule has 0 unspecified atom stereocenters. The van der Waals surface area contributed by atoms with Crippen LogP contribution in [0.4, 0.5) is 17.1 Å². The zero-order valence-electron chi connectivity index (χ0n) is 34.1. The zero-order valence-corrected chi connectivity index (χ0v) is 34.1. The van der Waals surface area contributed by atoms with Gasteiger partial charge in [0.05, 0.1) is 5.69 Å². The third-order valence-corrected chi connectivity index (χ3v) is 13.1. The van der Waals surface area contributed by atoms with Crippen LogP contribution in [0.2, 0.25) is 0 Å². The lowest BCUT2D eigenvalue weighted by Gasteiger charge is -2.28. The maximum Gasteiger partial charge on any atom is 0.136 e. The third kappa shape index (κ3) is 5.64. The second-order valence-electron chi connectivity index (χ2n) is 16.9. The van der Waals surface area contributed by atoms with Gasteiger partial charge in [0.2, 0.25) is 0 Å². The molecular weight excluding hydrogens is 739 g/mol. The minimum atomic E-state index is -0.0596. The molecule has 0 saturated heterocycles. The van der Waals surface area contributed by atoms with Crippen LogP contribution in [-0.2, 0) is 5.41 Å². The summed E-state index contributed by atoms with van der Waals surface area (Å²) in [6, 6.07) is 77.5. The fraction of sp³-hybridized carbons (Fsp3) is 0.0508. The van der Waals surface area contributed by atoms with Crippen LogP contribution in [0.15, 0.2) is 217 Å². The van der Waals surface area contributed by atoms with E-state index in [9.17, 15) is 0 Å². The molecule has 0 bridgehead atoms. The average molecular weight is 780 g/mol. The van der Waals surface area contributed by atoms with E-state index < -0.39 is 0 Å². The molecule has 1 aliphatic rings. The van der Waals surface area contributed by atoms with E-state index in [0.29, 0.717) is 0 Å². The Balaban J connectivity index is 1.00. The summed E-state index contributed by atoms with van der Waals surface area (Å²) in [6.45, 7) is 4.70. The Hall–Kier alpha value is -7.68. The molecular formula is C59H41NO. The van der Waals surface area contributed by atoms with Crippen LogP contribution in [0.3, 0.4) is 0 Å². The normalized spacial score (nSPS) is 12.9. The van der Waals surface area contributed by atoms with Gasteiger partial charge in [-0.25, -0.2) is 0 Å². The molecule has 0 spiro atoms. The summed E-state index contributed by atoms with van der Waals surface area (Å²) in [5.41, 5.74) is 17.5. The van der Waals surface area contributed by atoms with Crippen molar-refractivity contribution in [2.24, 2.45) is 0 Å². The molecule has 2 heteroatoms. The summed E-state index contributed by atoms with van der Waals surface area (Å²) >= 11 is 0. The lowest BCUT2D eigenvalue weighted by Crippen LogP contribution is -2.14. The number of hydrogen-bond donors (Lipinski definition) is 0. The van der Waals surface area contributed by atoms with E-state index in [1.807, 2.05) is 12.1 Å². The summed E-state index contributed by atoms with van der Waals surface area (Å²) in [7, 11) is 0. The van der Waals surface area contributed by atoms with Gasteiger partial charge in [-0.05, 0) is 126 Å². The number of hydrogen-bond acceptors (Lipinski definition) is 2. The molecule has 1 aromatic heterocycles. The molecule has 0 amide bonds. The molecule has 2 nitrogen and oxygen atoms in total. The summed E-state index contributed by atoms with van der Waals surface area (Å²) in [5.74, 6) is 0. The largest absolute Gasteiger partial charge is 0.456 e. The molecule has 61 heavy (non-hydrogen) atoms. The topological polar surface area (TPSA) is 16.4 Å². The van der Waals surface area contributed by atoms with Gasteiger partial charge in [0.25, 0.3) is 0 Å². The SMILES string of the molecule is CC1(C)c2ccccc2-c2ccc(-c3ccc(N(c4cccc(-c5cccc6c5ccc5ccccc56)c4)c4ccccc4-c4ccc5c(c4)oc4ccccc45)cc3)cc21. The van der Waals surface area contributed by atoms with Gasteiger partial charge in [-0.3, -0.25) is 0 Å². The Kier molecular flexibility index (Phi) is 7.92. The number of benzene rings is 10. The van der Waals surface area contributed by atoms with Crippen LogP contribution in [0, 0.1) is 0 Å². The van der Waals surface area contributed by atoms with Gasteiger partial charge < -0.3 is 9.32 Å². The highest BCUT2D eigenvalue weighted by Gasteiger charge is 2.35. The van der Waals surface area contributed by atoms with Crippen molar-refractivity contribution < 1.29 is 4.42 Å². The van der Waals surface area contributed by atoms with Gasteiger partial charge in [0.1, 0.15) is 11.2 Å². The van der Waals surface area contributed by atoms with Crippen LogP contribution in [0.1, 0.15) is 25.0 Å². The Labute approximate surface area is 355 Å². The quantitative estimate of drug-likeness (QED) is 0.156. The van der Waals surface area contributed by atoms with E-state index in [-0.39, 0.29) is 5.41 Å². The molecule has 1 aliphatic carbocycles. The number of para-hydroxylation sites is 2. The number of rotatable bonds is 6. The monoisotopic (exact) mass is 779 g/mol. The predicted octanol–water partition coefficient (Wildman–Crippen LogP) is 16.7. The Morgan fingerprint density at radius 2 is 0.984 bits per heavy atom. The predicted molar refractivity (Wildman–Crippen MR) is 257 cm³/mol. The van der Waals surface area contributed by atoms with E-state index in [4.69, 9.17) is 4.42 Å². The van der Waals surface area contributed by atoms with Gasteiger partial charge in [0.15, 0.2) is 0 Å². The minimum Gasteiger partial charge on any atom is -0.456 e. The van der Waals surface area contributed by atoms with E-state index in [1.165, 1.54) is 66.1 Å². The van der Waals surface area contributed by atoms with Crippen LogP contribution >= 0.6 is 0 Å². The summed E-state index contributed by atoms with van der Waals surface area (Å²) in [4.78, 5) is 2.41. The Bertz CT molecular complexity index is 3520. The van der Waals surface area contributed by atoms with Crippen molar-refractivity contribution in [1.82, 2.24) is 0 Å². The van der Waals surface area contributed by atoms with Crippen molar-refractivity contribution in [2.75, 3.05) is 4.90 Å². The summed E-state index contributed by atoms with van der Waals surface area (Å²) in [6.07, 6.45) is 0. The van der Waals surface area contributed by atoms with E-state index in [0.717, 1.165) is 50.1 Å². The molecule has 0 saturated carbocycles. The highest BCUT2D eigenvalue weighted by molar-refractivity contribution is 6.12. The van der Waals surface area contributed by atoms with Gasteiger partial charge in [0, 0.05) is 33.1 Å². The number of anilines is 3. The van der Waals surface area contributed by atoms with E-state index >= 15 is 0 Å². The second-order valence-corrected chi connectivity index (χ2v) is 16.9. The van der Waals surface area contributed by atoms with Gasteiger partial charge in [-0.15, -0.1) is 0 Å². The van der Waals surface area contributed by atoms with E-state index in [1.54, 1.807) is 0 Å². The van der Waals surface area contributed by atoms with Crippen molar-refractivity contribution in [3.63, 3.8) is 0 Å². The summed E-state index contributed by atoms with van der Waals surface area (Å²) < 4.78 is 6.41. The zero-order chi connectivity index (χ0) is 40.7. The van der Waals surface area contributed by atoms with E-state index in [2.05, 4.69) is 219 Å². The highest BCUT2D eigenvalue weighted by atomic mass is 16.3. The van der Waals surface area contributed by atoms with Crippen molar-refractivity contribution in [2.45, 2.75) is 19.3 Å². The van der Waals surface area contributed by atoms with Crippen molar-refractivity contribution in [3.8, 4) is 44.5 Å². The smallest absolute Gasteiger partial charge is 0.136 e. The number of furan rings is 1. The molecule has 288 valence electrons. The molecule has 10 aromatic carbocycles. The highest BCUT2D eigenvalue weighted by Crippen LogP contribution is 2.50. The van der Waals surface area contributed by atoms with Crippen molar-refractivity contribution in [3.05, 3.63) is 223 Å². The first kappa shape index (κ1) is 35.3. The van der Waals surface area contributed by atoms with Gasteiger partial charge in [-0.1, -0.05) is 172 Å². The molecule has 0 aliphatic heterocycles. The molecule has 11 aromatic rings. The number of fused-ring (bicyclic) bond motifs is 9. The molecule has 1 heterocycles. The lowest BCUT2D eigenvalue weighted by molar-refractivity contribution is 0.660. The fourth-order valence-electron chi connectivity index (χ4n) is 10.0. The first-order chi connectivity index (χ1) is 30.0. The lowest BCUT2D eigenvalue weighted by atomic mass is 9.81. The first-order valence-electron chi connectivity index (χ1n) is 21.2. The molecule has 0 radical (unpaired) electrons. The maximum atomic E-state index is 6.41. The molecule has 0 atom stereocenters. The molecule has 0 N–H and O–H groups in total. The van der Waals surface area contributed by atoms with Crippen LogP contribution in [0.5, 0.6) is 0 Å². The summed E-state index contributed by atoms with van der Waals surface area (Å²) in [5, 5.41) is 7.29. The first-order valence-corrected chi connectivity index (χ1v) is 21.2. The fourth-order valence-corrected chi connectivity index (χ4v) is 10.0. The molecule has 0 fully saturated rings. The standard InChI is InChI=1S/C59H41NO/c1-59(2)54-22-8-5-18-50(54)51-33-28-40(36-55(51)59)38-25-30-43(31-26-38)60(56-23-9-6-17-47(56)42-29-34-53-52-19-7-10-24-57(52)61-58(53)37-42)44-15-11-14-41(35-44)46-20-12-21-48-45-16-4-3-13-39(45)27-32-49(46)48/h3-37H,1-2H3. The van der Waals surface area contributed by atoms with Crippen LogP contribution in [-0.4, -0.2) is 0 Å².